The van der Waals surface area contributed by atoms with Gasteiger partial charge in [-0.25, -0.2) is 4.79 Å². The van der Waals surface area contributed by atoms with Crippen LogP contribution in [0.1, 0.15) is 18.9 Å². The van der Waals surface area contributed by atoms with Gasteiger partial charge in [-0.2, -0.15) is 0 Å². The summed E-state index contributed by atoms with van der Waals surface area (Å²) >= 11 is 0. The van der Waals surface area contributed by atoms with E-state index in [0.717, 1.165) is 10.5 Å². The molecular formula is C14H16N2O4. The summed E-state index contributed by atoms with van der Waals surface area (Å²) in [5, 5.41) is 11.3. The van der Waals surface area contributed by atoms with Gasteiger partial charge in [-0.05, 0) is 25.3 Å². The number of rotatable bonds is 5. The third kappa shape index (κ3) is 2.79. The predicted octanol–water partition coefficient (Wildman–Crippen LogP) is 1.01. The van der Waals surface area contributed by atoms with Crippen molar-refractivity contribution in [1.82, 2.24) is 10.2 Å². The molecule has 0 saturated carbocycles. The molecule has 1 unspecified atom stereocenters. The number of nitrogens with one attached hydrogen (secondary N) is 1. The zero-order valence-electron chi connectivity index (χ0n) is 11.1. The van der Waals surface area contributed by atoms with Gasteiger partial charge in [0.25, 0.3) is 5.91 Å². The molecule has 1 aromatic rings. The van der Waals surface area contributed by atoms with Gasteiger partial charge in [-0.15, -0.1) is 0 Å². The maximum Gasteiger partial charge on any atom is 0.325 e. The summed E-state index contributed by atoms with van der Waals surface area (Å²) in [6, 6.07) is 8.96. The number of carbonyl (C=O) groups excluding carboxylic acids is 2. The van der Waals surface area contributed by atoms with Crippen molar-refractivity contribution in [3.05, 3.63) is 35.9 Å². The maximum atomic E-state index is 12.2. The van der Waals surface area contributed by atoms with E-state index in [-0.39, 0.29) is 0 Å². The highest BCUT2D eigenvalue weighted by Crippen LogP contribution is 2.23. The molecule has 1 atom stereocenters. The monoisotopic (exact) mass is 276 g/mol. The van der Waals surface area contributed by atoms with E-state index < -0.39 is 30.0 Å². The summed E-state index contributed by atoms with van der Waals surface area (Å²) in [6.07, 6.45) is 1.06. The molecule has 6 nitrogen and oxygen atoms in total. The Labute approximate surface area is 116 Å². The molecule has 1 heterocycles. The number of benzene rings is 1. The van der Waals surface area contributed by atoms with Crippen LogP contribution in [0.3, 0.4) is 0 Å². The molecule has 6 heteroatoms. The second kappa shape index (κ2) is 5.32. The molecule has 0 aromatic heterocycles. The summed E-state index contributed by atoms with van der Waals surface area (Å²) < 4.78 is 0. The lowest BCUT2D eigenvalue weighted by Gasteiger charge is -2.21. The fourth-order valence-corrected chi connectivity index (χ4v) is 2.23. The van der Waals surface area contributed by atoms with E-state index in [9.17, 15) is 14.4 Å². The number of carboxylic acids is 1. The number of imide groups is 1. The first-order valence-corrected chi connectivity index (χ1v) is 6.32. The van der Waals surface area contributed by atoms with Gasteiger partial charge in [0.2, 0.25) is 0 Å². The molecule has 0 bridgehead atoms. The Morgan fingerprint density at radius 2 is 1.95 bits per heavy atom. The van der Waals surface area contributed by atoms with E-state index in [4.69, 9.17) is 5.11 Å². The number of aryl methyl sites for hydroxylation is 1. The van der Waals surface area contributed by atoms with Crippen LogP contribution in [0.25, 0.3) is 0 Å². The molecule has 1 aliphatic heterocycles. The quantitative estimate of drug-likeness (QED) is 0.786. The first kappa shape index (κ1) is 14.0. The lowest BCUT2D eigenvalue weighted by molar-refractivity contribution is -0.142. The summed E-state index contributed by atoms with van der Waals surface area (Å²) in [7, 11) is 0. The van der Waals surface area contributed by atoms with Gasteiger partial charge in [0.05, 0.1) is 0 Å². The Morgan fingerprint density at radius 1 is 1.30 bits per heavy atom. The summed E-state index contributed by atoms with van der Waals surface area (Å²) in [5.41, 5.74) is 0.0232. The normalized spacial score (nSPS) is 21.9. The molecule has 106 valence electrons. The van der Waals surface area contributed by atoms with Crippen LogP contribution in [0.15, 0.2) is 30.3 Å². The van der Waals surface area contributed by atoms with Gasteiger partial charge in [0, 0.05) is 0 Å². The van der Waals surface area contributed by atoms with Gasteiger partial charge < -0.3 is 10.4 Å². The molecule has 20 heavy (non-hydrogen) atoms. The largest absolute Gasteiger partial charge is 0.480 e. The zero-order chi connectivity index (χ0) is 14.8. The number of urea groups is 1. The van der Waals surface area contributed by atoms with Gasteiger partial charge in [0.15, 0.2) is 0 Å². The lowest BCUT2D eigenvalue weighted by Crippen LogP contribution is -2.44. The van der Waals surface area contributed by atoms with Gasteiger partial charge in [0.1, 0.15) is 12.1 Å². The van der Waals surface area contributed by atoms with Crippen molar-refractivity contribution in [2.75, 3.05) is 6.54 Å². The Kier molecular flexibility index (Phi) is 3.74. The van der Waals surface area contributed by atoms with E-state index in [2.05, 4.69) is 5.32 Å². The Bertz CT molecular complexity index is 543. The molecular weight excluding hydrogens is 260 g/mol. The third-order valence-corrected chi connectivity index (χ3v) is 3.40. The van der Waals surface area contributed by atoms with E-state index in [1.165, 1.54) is 0 Å². The second-order valence-corrected chi connectivity index (χ2v) is 5.03. The van der Waals surface area contributed by atoms with Crippen LogP contribution in [0, 0.1) is 0 Å². The van der Waals surface area contributed by atoms with Crippen molar-refractivity contribution < 1.29 is 19.5 Å². The maximum absolute atomic E-state index is 12.2. The van der Waals surface area contributed by atoms with Crippen molar-refractivity contribution in [3.8, 4) is 0 Å². The first-order valence-electron chi connectivity index (χ1n) is 6.32. The van der Waals surface area contributed by atoms with Crippen molar-refractivity contribution in [3.63, 3.8) is 0 Å². The average Bonchev–Trinajstić information content (AvgIpc) is 2.62. The van der Waals surface area contributed by atoms with Crippen molar-refractivity contribution in [2.24, 2.45) is 0 Å². The summed E-state index contributed by atoms with van der Waals surface area (Å²) in [4.78, 5) is 35.3. The molecule has 2 N–H and O–H groups in total. The third-order valence-electron chi connectivity index (χ3n) is 3.40. The van der Waals surface area contributed by atoms with Crippen LogP contribution in [0.2, 0.25) is 0 Å². The van der Waals surface area contributed by atoms with E-state index in [1.54, 1.807) is 6.92 Å². The molecule has 1 saturated heterocycles. The standard InChI is InChI=1S/C14H16N2O4/c1-14(8-7-10-5-3-2-4-6-10)12(19)16(9-11(17)18)13(20)15-14/h2-6H,7-9H2,1H3,(H,15,20)(H,17,18). The van der Waals surface area contributed by atoms with Crippen molar-refractivity contribution >= 4 is 17.9 Å². The Balaban J connectivity index is 2.05. The van der Waals surface area contributed by atoms with Crippen molar-refractivity contribution in [1.29, 1.82) is 0 Å². The topological polar surface area (TPSA) is 86.7 Å². The summed E-state index contributed by atoms with van der Waals surface area (Å²) in [5.74, 6) is -1.69. The molecule has 0 spiro atoms. The van der Waals surface area contributed by atoms with Crippen LogP contribution in [0.4, 0.5) is 4.79 Å². The highest BCUT2D eigenvalue weighted by molar-refractivity contribution is 6.08. The van der Waals surface area contributed by atoms with Crippen LogP contribution in [0.5, 0.6) is 0 Å². The van der Waals surface area contributed by atoms with E-state index in [1.807, 2.05) is 30.3 Å². The Hall–Kier alpha value is -2.37. The summed E-state index contributed by atoms with van der Waals surface area (Å²) in [6.45, 7) is 1.02. The number of nitrogens with zero attached hydrogens (tertiary/aromatic N) is 1. The van der Waals surface area contributed by atoms with Crippen LogP contribution in [-0.2, 0) is 16.0 Å². The number of amides is 3. The van der Waals surface area contributed by atoms with Crippen LogP contribution in [-0.4, -0.2) is 40.0 Å². The average molecular weight is 276 g/mol. The highest BCUT2D eigenvalue weighted by Gasteiger charge is 2.47. The molecule has 2 rings (SSSR count). The lowest BCUT2D eigenvalue weighted by atomic mass is 9.93. The van der Waals surface area contributed by atoms with Gasteiger partial charge in [-0.1, -0.05) is 30.3 Å². The molecule has 0 radical (unpaired) electrons. The number of aliphatic carboxylic acids is 1. The number of hydrogen-bond acceptors (Lipinski definition) is 3. The molecule has 1 aliphatic rings. The highest BCUT2D eigenvalue weighted by atomic mass is 16.4. The molecule has 1 fully saturated rings. The van der Waals surface area contributed by atoms with E-state index >= 15 is 0 Å². The van der Waals surface area contributed by atoms with Crippen LogP contribution < -0.4 is 5.32 Å². The smallest absolute Gasteiger partial charge is 0.325 e. The van der Waals surface area contributed by atoms with Gasteiger partial charge in [-0.3, -0.25) is 14.5 Å². The number of carbonyl (C=O) groups is 3. The fourth-order valence-electron chi connectivity index (χ4n) is 2.23. The van der Waals surface area contributed by atoms with Gasteiger partial charge >= 0.3 is 12.0 Å². The first-order chi connectivity index (χ1) is 9.42. The van der Waals surface area contributed by atoms with Crippen molar-refractivity contribution in [2.45, 2.75) is 25.3 Å². The Morgan fingerprint density at radius 3 is 2.55 bits per heavy atom. The minimum atomic E-state index is -1.21. The van der Waals surface area contributed by atoms with Crippen LogP contribution >= 0.6 is 0 Å². The fraction of sp³-hybridized carbons (Fsp3) is 0.357. The minimum Gasteiger partial charge on any atom is -0.480 e. The van der Waals surface area contributed by atoms with E-state index in [0.29, 0.717) is 12.8 Å². The molecule has 0 aliphatic carbocycles. The molecule has 3 amide bonds. The number of carboxylic acid groups (broad SMARTS) is 1. The predicted molar refractivity (Wildman–Crippen MR) is 71.0 cm³/mol. The minimum absolute atomic E-state index is 0.428. The zero-order valence-corrected chi connectivity index (χ0v) is 11.1. The SMILES string of the molecule is CC1(CCc2ccccc2)NC(=O)N(CC(=O)O)C1=O. The molecule has 1 aromatic carbocycles. The second-order valence-electron chi connectivity index (χ2n) is 5.03. The number of hydrogen-bond donors (Lipinski definition) is 2.